The highest BCUT2D eigenvalue weighted by molar-refractivity contribution is 5.92. The Bertz CT molecular complexity index is 549. The maximum absolute atomic E-state index is 9.56. The van der Waals surface area contributed by atoms with E-state index in [0.717, 1.165) is 29.1 Å². The van der Waals surface area contributed by atoms with Crippen LogP contribution in [0.2, 0.25) is 0 Å². The zero-order valence-electron chi connectivity index (χ0n) is 10.4. The van der Waals surface area contributed by atoms with Gasteiger partial charge in [-0.05, 0) is 35.9 Å². The monoisotopic (exact) mass is 242 g/mol. The van der Waals surface area contributed by atoms with Crippen LogP contribution >= 0.6 is 0 Å². The first kappa shape index (κ1) is 11.3. The van der Waals surface area contributed by atoms with Crippen molar-refractivity contribution in [3.05, 3.63) is 30.5 Å². The van der Waals surface area contributed by atoms with Gasteiger partial charge in [0.25, 0.3) is 0 Å². The van der Waals surface area contributed by atoms with Gasteiger partial charge in [-0.3, -0.25) is 0 Å². The van der Waals surface area contributed by atoms with E-state index in [2.05, 4.69) is 10.3 Å². The van der Waals surface area contributed by atoms with Crippen molar-refractivity contribution in [1.29, 1.82) is 0 Å². The van der Waals surface area contributed by atoms with Gasteiger partial charge in [0.2, 0.25) is 0 Å². The maximum atomic E-state index is 9.56. The first-order valence-electron chi connectivity index (χ1n) is 6.64. The molecule has 1 heterocycles. The van der Waals surface area contributed by atoms with Crippen LogP contribution in [0.25, 0.3) is 10.8 Å². The highest BCUT2D eigenvalue weighted by Crippen LogP contribution is 2.30. The van der Waals surface area contributed by atoms with Crippen molar-refractivity contribution >= 4 is 16.6 Å². The first-order valence-corrected chi connectivity index (χ1v) is 6.64. The number of phenols is 1. The van der Waals surface area contributed by atoms with Crippen molar-refractivity contribution in [2.75, 3.05) is 11.9 Å². The molecule has 0 aliphatic heterocycles. The van der Waals surface area contributed by atoms with Gasteiger partial charge in [0.05, 0.1) is 0 Å². The number of fused-ring (bicyclic) bond motifs is 1. The summed E-state index contributed by atoms with van der Waals surface area (Å²) < 4.78 is 0. The Morgan fingerprint density at radius 1 is 1.28 bits per heavy atom. The van der Waals surface area contributed by atoms with Crippen LogP contribution in [-0.2, 0) is 0 Å². The number of hydrogen-bond donors (Lipinski definition) is 2. The average molecular weight is 242 g/mol. The van der Waals surface area contributed by atoms with E-state index >= 15 is 0 Å². The highest BCUT2D eigenvalue weighted by atomic mass is 16.3. The molecule has 0 amide bonds. The van der Waals surface area contributed by atoms with Crippen LogP contribution in [-0.4, -0.2) is 16.6 Å². The minimum atomic E-state index is 0.289. The molecule has 1 saturated carbocycles. The second-order valence-corrected chi connectivity index (χ2v) is 5.08. The van der Waals surface area contributed by atoms with E-state index < -0.39 is 0 Å². The van der Waals surface area contributed by atoms with Crippen LogP contribution in [0.3, 0.4) is 0 Å². The summed E-state index contributed by atoms with van der Waals surface area (Å²) in [5.74, 6) is 2.07. The Kier molecular flexibility index (Phi) is 3.05. The van der Waals surface area contributed by atoms with Crippen LogP contribution in [0, 0.1) is 5.92 Å². The van der Waals surface area contributed by atoms with Crippen molar-refractivity contribution in [2.45, 2.75) is 25.7 Å². The third-order valence-electron chi connectivity index (χ3n) is 3.82. The fourth-order valence-corrected chi connectivity index (χ4v) is 2.47. The van der Waals surface area contributed by atoms with Gasteiger partial charge in [0, 0.05) is 18.1 Å². The maximum Gasteiger partial charge on any atom is 0.133 e. The van der Waals surface area contributed by atoms with Crippen LogP contribution < -0.4 is 5.32 Å². The SMILES string of the molecule is Oc1ccc2ccnc(NCCC3CCC3)c2c1. The van der Waals surface area contributed by atoms with Gasteiger partial charge in [-0.1, -0.05) is 25.3 Å². The summed E-state index contributed by atoms with van der Waals surface area (Å²) in [6.07, 6.45) is 7.18. The minimum absolute atomic E-state index is 0.289. The molecule has 3 rings (SSSR count). The molecule has 0 radical (unpaired) electrons. The number of aromatic nitrogens is 1. The number of aromatic hydroxyl groups is 1. The summed E-state index contributed by atoms with van der Waals surface area (Å²) >= 11 is 0. The highest BCUT2D eigenvalue weighted by Gasteiger charge is 2.16. The van der Waals surface area contributed by atoms with Crippen LogP contribution in [0.15, 0.2) is 30.5 Å². The second kappa shape index (κ2) is 4.84. The number of nitrogens with one attached hydrogen (secondary N) is 1. The molecular formula is C15H18N2O. The van der Waals surface area contributed by atoms with E-state index in [1.54, 1.807) is 12.1 Å². The molecule has 0 bridgehead atoms. The van der Waals surface area contributed by atoms with E-state index in [-0.39, 0.29) is 5.75 Å². The second-order valence-electron chi connectivity index (χ2n) is 5.08. The molecule has 1 fully saturated rings. The number of pyridine rings is 1. The summed E-state index contributed by atoms with van der Waals surface area (Å²) in [5.41, 5.74) is 0. The van der Waals surface area contributed by atoms with Crippen molar-refractivity contribution in [2.24, 2.45) is 5.92 Å². The molecule has 0 atom stereocenters. The molecule has 0 spiro atoms. The lowest BCUT2D eigenvalue weighted by atomic mass is 9.83. The number of nitrogens with zero attached hydrogens (tertiary/aromatic N) is 1. The molecule has 1 aromatic carbocycles. The molecule has 3 nitrogen and oxygen atoms in total. The van der Waals surface area contributed by atoms with Gasteiger partial charge in [0.1, 0.15) is 11.6 Å². The molecule has 0 saturated heterocycles. The number of rotatable bonds is 4. The summed E-state index contributed by atoms with van der Waals surface area (Å²) in [4.78, 5) is 4.37. The van der Waals surface area contributed by atoms with E-state index in [1.807, 2.05) is 18.3 Å². The third kappa shape index (κ3) is 2.26. The van der Waals surface area contributed by atoms with Gasteiger partial charge in [-0.25, -0.2) is 4.98 Å². The van der Waals surface area contributed by atoms with Gasteiger partial charge in [0.15, 0.2) is 0 Å². The zero-order valence-corrected chi connectivity index (χ0v) is 10.4. The predicted octanol–water partition coefficient (Wildman–Crippen LogP) is 3.54. The summed E-state index contributed by atoms with van der Waals surface area (Å²) in [7, 11) is 0. The van der Waals surface area contributed by atoms with Gasteiger partial charge in [-0.15, -0.1) is 0 Å². The van der Waals surface area contributed by atoms with Gasteiger partial charge in [-0.2, -0.15) is 0 Å². The number of anilines is 1. The van der Waals surface area contributed by atoms with Crippen molar-refractivity contribution in [1.82, 2.24) is 4.98 Å². The molecule has 0 unspecified atom stereocenters. The molecule has 94 valence electrons. The molecule has 3 heteroatoms. The quantitative estimate of drug-likeness (QED) is 0.862. The fraction of sp³-hybridized carbons (Fsp3) is 0.400. The Balaban J connectivity index is 1.75. The molecule has 2 N–H and O–H groups in total. The molecule has 2 aromatic rings. The van der Waals surface area contributed by atoms with Crippen LogP contribution in [0.1, 0.15) is 25.7 Å². The molecular weight excluding hydrogens is 224 g/mol. The van der Waals surface area contributed by atoms with Gasteiger partial charge < -0.3 is 10.4 Å². The lowest BCUT2D eigenvalue weighted by Crippen LogP contribution is -2.16. The first-order chi connectivity index (χ1) is 8.83. The molecule has 1 aliphatic rings. The van der Waals surface area contributed by atoms with Gasteiger partial charge >= 0.3 is 0 Å². The lowest BCUT2D eigenvalue weighted by molar-refractivity contribution is 0.303. The largest absolute Gasteiger partial charge is 0.508 e. The normalized spacial score (nSPS) is 15.6. The topological polar surface area (TPSA) is 45.2 Å². The smallest absolute Gasteiger partial charge is 0.133 e. The van der Waals surface area contributed by atoms with Crippen molar-refractivity contribution in [3.8, 4) is 5.75 Å². The Morgan fingerprint density at radius 3 is 2.94 bits per heavy atom. The van der Waals surface area contributed by atoms with Crippen LogP contribution in [0.5, 0.6) is 5.75 Å². The molecule has 1 aromatic heterocycles. The lowest BCUT2D eigenvalue weighted by Gasteiger charge is -2.25. The summed E-state index contributed by atoms with van der Waals surface area (Å²) in [5, 5.41) is 15.0. The Morgan fingerprint density at radius 2 is 2.17 bits per heavy atom. The van der Waals surface area contributed by atoms with E-state index in [4.69, 9.17) is 0 Å². The number of hydrogen-bond acceptors (Lipinski definition) is 3. The Hall–Kier alpha value is -1.77. The molecule has 1 aliphatic carbocycles. The van der Waals surface area contributed by atoms with E-state index in [0.29, 0.717) is 0 Å². The predicted molar refractivity (Wildman–Crippen MR) is 73.9 cm³/mol. The van der Waals surface area contributed by atoms with Crippen molar-refractivity contribution in [3.63, 3.8) is 0 Å². The standard InChI is InChI=1S/C15H18N2O/c18-13-5-4-12-7-9-17-15(14(12)10-13)16-8-6-11-2-1-3-11/h4-5,7,9-11,18H,1-3,6,8H2,(H,16,17). The fourth-order valence-electron chi connectivity index (χ4n) is 2.47. The average Bonchev–Trinajstić information content (AvgIpc) is 2.32. The van der Waals surface area contributed by atoms with Crippen LogP contribution in [0.4, 0.5) is 5.82 Å². The van der Waals surface area contributed by atoms with E-state index in [9.17, 15) is 5.11 Å². The summed E-state index contributed by atoms with van der Waals surface area (Å²) in [6.45, 7) is 0.965. The van der Waals surface area contributed by atoms with Crippen molar-refractivity contribution < 1.29 is 5.11 Å². The summed E-state index contributed by atoms with van der Waals surface area (Å²) in [6, 6.07) is 7.36. The third-order valence-corrected chi connectivity index (χ3v) is 3.82. The molecule has 18 heavy (non-hydrogen) atoms. The minimum Gasteiger partial charge on any atom is -0.508 e. The number of phenolic OH excluding ortho intramolecular Hbond substituents is 1. The number of benzene rings is 1. The Labute approximate surface area is 107 Å². The zero-order chi connectivity index (χ0) is 12.4. The van der Waals surface area contributed by atoms with E-state index in [1.165, 1.54) is 25.7 Å².